The van der Waals surface area contributed by atoms with E-state index in [1.54, 1.807) is 0 Å². The maximum atomic E-state index is 5.05. The molecule has 0 saturated carbocycles. The maximum absolute atomic E-state index is 5.05. The van der Waals surface area contributed by atoms with Gasteiger partial charge in [0.25, 0.3) is 0 Å². The largest absolute Gasteiger partial charge is 0.283 e. The zero-order chi connectivity index (χ0) is 4.57. The molecule has 0 atom stereocenters. The summed E-state index contributed by atoms with van der Waals surface area (Å²) in [5.74, 6) is 0. The van der Waals surface area contributed by atoms with E-state index in [4.69, 9.17) is 8.62 Å². The SMILES string of the molecule is CP1OP(C)O1. The molecule has 0 aromatic rings. The zero-order valence-corrected chi connectivity index (χ0v) is 5.50. The molecule has 1 rings (SSSR count). The standard InChI is InChI=1S/C2H6O2P2/c1-5-3-6(2)4-5/h1-2H3. The van der Waals surface area contributed by atoms with Crippen LogP contribution in [0.25, 0.3) is 0 Å². The van der Waals surface area contributed by atoms with E-state index >= 15 is 0 Å². The Morgan fingerprint density at radius 2 is 1.33 bits per heavy atom. The van der Waals surface area contributed by atoms with Gasteiger partial charge >= 0.3 is 0 Å². The van der Waals surface area contributed by atoms with Gasteiger partial charge in [-0.05, 0) is 0 Å². The van der Waals surface area contributed by atoms with E-state index in [0.717, 1.165) is 0 Å². The summed E-state index contributed by atoms with van der Waals surface area (Å²) >= 11 is 0. The van der Waals surface area contributed by atoms with E-state index < -0.39 is 16.8 Å². The summed E-state index contributed by atoms with van der Waals surface area (Å²) in [7, 11) is -0.856. The van der Waals surface area contributed by atoms with Crippen molar-refractivity contribution in [2.75, 3.05) is 13.3 Å². The van der Waals surface area contributed by atoms with Gasteiger partial charge in [-0.2, -0.15) is 0 Å². The minimum atomic E-state index is -0.428. The summed E-state index contributed by atoms with van der Waals surface area (Å²) in [5.41, 5.74) is 0. The van der Waals surface area contributed by atoms with Gasteiger partial charge in [0.15, 0.2) is 16.8 Å². The van der Waals surface area contributed by atoms with E-state index in [-0.39, 0.29) is 0 Å². The van der Waals surface area contributed by atoms with Crippen LogP contribution in [0.3, 0.4) is 0 Å². The second-order valence-corrected chi connectivity index (χ2v) is 4.11. The Balaban J connectivity index is 2.11. The van der Waals surface area contributed by atoms with Crippen molar-refractivity contribution in [1.29, 1.82) is 0 Å². The minimum Gasteiger partial charge on any atom is -0.283 e. The van der Waals surface area contributed by atoms with Gasteiger partial charge in [0.2, 0.25) is 0 Å². The number of rotatable bonds is 0. The van der Waals surface area contributed by atoms with E-state index in [2.05, 4.69) is 0 Å². The van der Waals surface area contributed by atoms with Crippen molar-refractivity contribution in [3.05, 3.63) is 0 Å². The summed E-state index contributed by atoms with van der Waals surface area (Å²) in [6.45, 7) is 3.91. The van der Waals surface area contributed by atoms with Crippen LogP contribution in [0.2, 0.25) is 0 Å². The fourth-order valence-electron chi connectivity index (χ4n) is 0.330. The first-order valence-corrected chi connectivity index (χ1v) is 4.87. The lowest BCUT2D eigenvalue weighted by Crippen LogP contribution is -1.90. The Morgan fingerprint density at radius 3 is 1.33 bits per heavy atom. The quantitative estimate of drug-likeness (QED) is 0.459. The number of hydrogen-bond acceptors (Lipinski definition) is 2. The molecule has 0 bridgehead atoms. The molecule has 36 valence electrons. The van der Waals surface area contributed by atoms with Gasteiger partial charge in [-0.25, -0.2) is 0 Å². The normalized spacial score (nSPS) is 45.0. The molecule has 0 unspecified atom stereocenters. The maximum Gasteiger partial charge on any atom is 0.178 e. The highest BCUT2D eigenvalue weighted by molar-refractivity contribution is 7.73. The molecule has 1 fully saturated rings. The van der Waals surface area contributed by atoms with Crippen LogP contribution in [0.15, 0.2) is 0 Å². The molecule has 0 N–H and O–H groups in total. The van der Waals surface area contributed by atoms with E-state index in [0.29, 0.717) is 0 Å². The fourth-order valence-corrected chi connectivity index (χ4v) is 2.97. The average Bonchev–Trinajstić information content (AvgIpc) is 1.33. The van der Waals surface area contributed by atoms with Gasteiger partial charge < -0.3 is 0 Å². The molecule has 1 saturated heterocycles. The third kappa shape index (κ3) is 0.886. The molecule has 0 aliphatic carbocycles. The Morgan fingerprint density at radius 1 is 1.00 bits per heavy atom. The summed E-state index contributed by atoms with van der Waals surface area (Å²) in [5, 5.41) is 0. The van der Waals surface area contributed by atoms with Gasteiger partial charge in [0.1, 0.15) is 0 Å². The van der Waals surface area contributed by atoms with E-state index in [1.807, 2.05) is 13.3 Å². The highest BCUT2D eigenvalue weighted by Crippen LogP contribution is 2.67. The van der Waals surface area contributed by atoms with Crippen molar-refractivity contribution in [3.8, 4) is 0 Å². The molecule has 1 heterocycles. The predicted octanol–water partition coefficient (Wildman–Crippen LogP) is 1.92. The fraction of sp³-hybridized carbons (Fsp3) is 1.00. The second kappa shape index (κ2) is 1.71. The van der Waals surface area contributed by atoms with Crippen molar-refractivity contribution in [3.63, 3.8) is 0 Å². The molecular formula is C2H6O2P2. The highest BCUT2D eigenvalue weighted by Gasteiger charge is 2.23. The predicted molar refractivity (Wildman–Crippen MR) is 27.9 cm³/mol. The molecule has 0 amide bonds. The molecular weight excluding hydrogens is 118 g/mol. The Labute approximate surface area is 39.7 Å². The molecule has 0 aromatic carbocycles. The van der Waals surface area contributed by atoms with Crippen LogP contribution in [0, 0.1) is 0 Å². The van der Waals surface area contributed by atoms with Crippen molar-refractivity contribution in [2.45, 2.75) is 0 Å². The zero-order valence-electron chi connectivity index (χ0n) is 3.71. The van der Waals surface area contributed by atoms with Crippen LogP contribution >= 0.6 is 16.8 Å². The molecule has 0 spiro atoms. The lowest BCUT2D eigenvalue weighted by Gasteiger charge is -2.27. The van der Waals surface area contributed by atoms with Gasteiger partial charge in [-0.1, -0.05) is 0 Å². The topological polar surface area (TPSA) is 18.5 Å². The van der Waals surface area contributed by atoms with Crippen LogP contribution in [0.5, 0.6) is 0 Å². The summed E-state index contributed by atoms with van der Waals surface area (Å²) in [6.07, 6.45) is 0. The lowest BCUT2D eigenvalue weighted by molar-refractivity contribution is 0.427. The molecule has 0 aromatic heterocycles. The molecule has 6 heavy (non-hydrogen) atoms. The monoisotopic (exact) mass is 124 g/mol. The van der Waals surface area contributed by atoms with Crippen molar-refractivity contribution in [2.24, 2.45) is 0 Å². The Hall–Kier alpha value is 0.780. The van der Waals surface area contributed by atoms with Crippen LogP contribution in [-0.4, -0.2) is 13.3 Å². The van der Waals surface area contributed by atoms with Gasteiger partial charge in [-0.15, -0.1) is 0 Å². The van der Waals surface area contributed by atoms with Crippen LogP contribution in [0.1, 0.15) is 0 Å². The molecule has 1 aliphatic heterocycles. The Kier molecular flexibility index (Phi) is 1.41. The first-order valence-electron chi connectivity index (χ1n) is 1.62. The molecule has 2 nitrogen and oxygen atoms in total. The third-order valence-electron chi connectivity index (χ3n) is 0.460. The summed E-state index contributed by atoms with van der Waals surface area (Å²) in [6, 6.07) is 0. The number of hydrogen-bond donors (Lipinski definition) is 0. The average molecular weight is 124 g/mol. The van der Waals surface area contributed by atoms with Gasteiger partial charge in [0, 0.05) is 13.3 Å². The van der Waals surface area contributed by atoms with Crippen molar-refractivity contribution < 1.29 is 8.62 Å². The second-order valence-electron chi connectivity index (χ2n) is 1.04. The Bertz CT molecular complexity index is 45.5. The smallest absolute Gasteiger partial charge is 0.178 e. The molecule has 1 aliphatic rings. The third-order valence-corrected chi connectivity index (χ3v) is 4.14. The van der Waals surface area contributed by atoms with Crippen molar-refractivity contribution in [1.82, 2.24) is 0 Å². The molecule has 0 radical (unpaired) electrons. The lowest BCUT2D eigenvalue weighted by atomic mass is 12.0. The van der Waals surface area contributed by atoms with Crippen molar-refractivity contribution >= 4 is 16.8 Å². The van der Waals surface area contributed by atoms with Gasteiger partial charge in [0.05, 0.1) is 0 Å². The first-order chi connectivity index (χ1) is 2.79. The van der Waals surface area contributed by atoms with E-state index in [9.17, 15) is 0 Å². The minimum absolute atomic E-state index is 0.428. The summed E-state index contributed by atoms with van der Waals surface area (Å²) in [4.78, 5) is 0. The van der Waals surface area contributed by atoms with Crippen LogP contribution in [-0.2, 0) is 8.62 Å². The first kappa shape index (κ1) is 4.93. The molecule has 4 heteroatoms. The summed E-state index contributed by atoms with van der Waals surface area (Å²) < 4.78 is 10.1. The van der Waals surface area contributed by atoms with Crippen LogP contribution < -0.4 is 0 Å². The van der Waals surface area contributed by atoms with Gasteiger partial charge in [-0.3, -0.25) is 8.62 Å². The van der Waals surface area contributed by atoms with E-state index in [1.165, 1.54) is 0 Å². The van der Waals surface area contributed by atoms with Crippen LogP contribution in [0.4, 0.5) is 0 Å². The highest BCUT2D eigenvalue weighted by atomic mass is 31.3.